The lowest BCUT2D eigenvalue weighted by Crippen LogP contribution is -2.11. The third kappa shape index (κ3) is 6.64. The SMILES string of the molecule is CC.c1ccc(-c2cccc(N(c3cc(-c4ccccc4)cc(-c4ccccc4)c3)c3ccccc3-c3ccccc3)c2)cc1. The molecule has 0 N–H and O–H groups in total. The van der Waals surface area contributed by atoms with Gasteiger partial charge in [-0.25, -0.2) is 0 Å². The predicted octanol–water partition coefficient (Wildman–Crippen LogP) is 12.9. The fourth-order valence-corrected chi connectivity index (χ4v) is 5.75. The van der Waals surface area contributed by atoms with Crippen molar-refractivity contribution < 1.29 is 0 Å². The molecule has 7 aromatic rings. The molecule has 0 unspecified atom stereocenters. The second-order valence-corrected chi connectivity index (χ2v) is 10.6. The molecule has 0 saturated carbocycles. The van der Waals surface area contributed by atoms with E-state index < -0.39 is 0 Å². The van der Waals surface area contributed by atoms with E-state index in [2.05, 4.69) is 193 Å². The van der Waals surface area contributed by atoms with Crippen LogP contribution in [0.3, 0.4) is 0 Å². The summed E-state index contributed by atoms with van der Waals surface area (Å²) in [5, 5.41) is 0. The third-order valence-electron chi connectivity index (χ3n) is 7.83. The quantitative estimate of drug-likeness (QED) is 0.182. The number of para-hydroxylation sites is 1. The van der Waals surface area contributed by atoms with E-state index in [9.17, 15) is 0 Å². The van der Waals surface area contributed by atoms with Crippen LogP contribution in [-0.2, 0) is 0 Å². The van der Waals surface area contributed by atoms with Crippen molar-refractivity contribution in [2.75, 3.05) is 4.90 Å². The van der Waals surface area contributed by atoms with Gasteiger partial charge in [0.2, 0.25) is 0 Å². The second kappa shape index (κ2) is 14.2. The molecular weight excluding hydrogens is 542 g/mol. The Morgan fingerprint density at radius 2 is 0.689 bits per heavy atom. The molecule has 0 spiro atoms. The van der Waals surface area contributed by atoms with E-state index in [-0.39, 0.29) is 0 Å². The first-order valence-electron chi connectivity index (χ1n) is 15.7. The Labute approximate surface area is 267 Å². The molecule has 45 heavy (non-hydrogen) atoms. The first-order valence-corrected chi connectivity index (χ1v) is 15.7. The third-order valence-corrected chi connectivity index (χ3v) is 7.83. The van der Waals surface area contributed by atoms with Gasteiger partial charge in [-0.15, -0.1) is 0 Å². The summed E-state index contributed by atoms with van der Waals surface area (Å²) in [4.78, 5) is 2.41. The van der Waals surface area contributed by atoms with Crippen LogP contribution in [0, 0.1) is 0 Å². The van der Waals surface area contributed by atoms with E-state index in [1.54, 1.807) is 0 Å². The Bertz CT molecular complexity index is 1890. The van der Waals surface area contributed by atoms with E-state index in [0.29, 0.717) is 0 Å². The minimum Gasteiger partial charge on any atom is -0.310 e. The van der Waals surface area contributed by atoms with Gasteiger partial charge in [-0.05, 0) is 75.3 Å². The number of hydrogen-bond acceptors (Lipinski definition) is 1. The zero-order chi connectivity index (χ0) is 30.8. The number of hydrogen-bond donors (Lipinski definition) is 0. The Balaban J connectivity index is 0.00000175. The number of benzene rings is 7. The standard InChI is InChI=1S/C42H31N.C2H6/c1-5-16-32(17-6-1)36-24-15-25-39(29-36)43(42-27-14-13-26-41(42)35-22-11-4-12-23-35)40-30-37(33-18-7-2-8-19-33)28-38(31-40)34-20-9-3-10-21-34;1-2/h1-31H;1-2H3. The van der Waals surface area contributed by atoms with E-state index in [1.807, 2.05) is 13.8 Å². The van der Waals surface area contributed by atoms with Crippen molar-refractivity contribution in [2.24, 2.45) is 0 Å². The Hall–Kier alpha value is -5.66. The van der Waals surface area contributed by atoms with Crippen LogP contribution < -0.4 is 4.90 Å². The minimum atomic E-state index is 1.11. The summed E-state index contributed by atoms with van der Waals surface area (Å²) < 4.78 is 0. The molecule has 0 saturated heterocycles. The van der Waals surface area contributed by atoms with Gasteiger partial charge in [-0.1, -0.05) is 166 Å². The normalized spacial score (nSPS) is 10.4. The molecule has 0 fully saturated rings. The number of nitrogens with zero attached hydrogens (tertiary/aromatic N) is 1. The summed E-state index contributed by atoms with van der Waals surface area (Å²) in [5.74, 6) is 0. The van der Waals surface area contributed by atoms with Gasteiger partial charge in [0, 0.05) is 16.9 Å². The van der Waals surface area contributed by atoms with Gasteiger partial charge in [-0.3, -0.25) is 0 Å². The predicted molar refractivity (Wildman–Crippen MR) is 194 cm³/mol. The van der Waals surface area contributed by atoms with Gasteiger partial charge in [-0.2, -0.15) is 0 Å². The molecule has 0 heterocycles. The average molecular weight is 580 g/mol. The van der Waals surface area contributed by atoms with Crippen molar-refractivity contribution in [3.05, 3.63) is 188 Å². The van der Waals surface area contributed by atoms with Crippen LogP contribution in [0.25, 0.3) is 44.5 Å². The van der Waals surface area contributed by atoms with Crippen LogP contribution >= 0.6 is 0 Å². The largest absolute Gasteiger partial charge is 0.310 e. The summed E-state index contributed by atoms with van der Waals surface area (Å²) in [5.41, 5.74) is 12.8. The highest BCUT2D eigenvalue weighted by Crippen LogP contribution is 2.44. The smallest absolute Gasteiger partial charge is 0.0540 e. The van der Waals surface area contributed by atoms with Crippen LogP contribution in [0.4, 0.5) is 17.1 Å². The summed E-state index contributed by atoms with van der Waals surface area (Å²) in [6, 6.07) is 67.1. The molecular formula is C44H37N. The second-order valence-electron chi connectivity index (χ2n) is 10.6. The van der Waals surface area contributed by atoms with Crippen molar-refractivity contribution in [3.8, 4) is 44.5 Å². The highest BCUT2D eigenvalue weighted by atomic mass is 15.1. The van der Waals surface area contributed by atoms with E-state index in [1.165, 1.54) is 44.5 Å². The first-order chi connectivity index (χ1) is 22.3. The number of rotatable bonds is 7. The molecule has 1 nitrogen and oxygen atoms in total. The van der Waals surface area contributed by atoms with Crippen LogP contribution in [0.15, 0.2) is 188 Å². The zero-order valence-corrected chi connectivity index (χ0v) is 25.8. The molecule has 0 aliphatic rings. The fourth-order valence-electron chi connectivity index (χ4n) is 5.75. The van der Waals surface area contributed by atoms with Crippen molar-refractivity contribution in [2.45, 2.75) is 13.8 Å². The molecule has 0 aliphatic heterocycles. The van der Waals surface area contributed by atoms with Gasteiger partial charge < -0.3 is 4.90 Å². The molecule has 7 rings (SSSR count). The van der Waals surface area contributed by atoms with Crippen LogP contribution in [0.1, 0.15) is 13.8 Å². The molecule has 0 radical (unpaired) electrons. The molecule has 0 aliphatic carbocycles. The lowest BCUT2D eigenvalue weighted by Gasteiger charge is -2.29. The van der Waals surface area contributed by atoms with Gasteiger partial charge in [0.15, 0.2) is 0 Å². The maximum absolute atomic E-state index is 2.41. The fraction of sp³-hybridized carbons (Fsp3) is 0.0455. The molecule has 0 aromatic heterocycles. The zero-order valence-electron chi connectivity index (χ0n) is 25.8. The van der Waals surface area contributed by atoms with Crippen molar-refractivity contribution in [1.29, 1.82) is 0 Å². The van der Waals surface area contributed by atoms with Crippen LogP contribution in [-0.4, -0.2) is 0 Å². The highest BCUT2D eigenvalue weighted by Gasteiger charge is 2.19. The Morgan fingerprint density at radius 1 is 0.289 bits per heavy atom. The van der Waals surface area contributed by atoms with Crippen molar-refractivity contribution >= 4 is 17.1 Å². The Morgan fingerprint density at radius 3 is 1.22 bits per heavy atom. The number of anilines is 3. The highest BCUT2D eigenvalue weighted by molar-refractivity contribution is 5.91. The van der Waals surface area contributed by atoms with Crippen molar-refractivity contribution in [1.82, 2.24) is 0 Å². The first kappa shape index (κ1) is 29.4. The average Bonchev–Trinajstić information content (AvgIpc) is 3.14. The lowest BCUT2D eigenvalue weighted by molar-refractivity contribution is 1.28. The summed E-state index contributed by atoms with van der Waals surface area (Å²) in [6.45, 7) is 4.00. The summed E-state index contributed by atoms with van der Waals surface area (Å²) in [6.07, 6.45) is 0. The lowest BCUT2D eigenvalue weighted by atomic mass is 9.96. The van der Waals surface area contributed by atoms with Gasteiger partial charge in [0.1, 0.15) is 0 Å². The van der Waals surface area contributed by atoms with Gasteiger partial charge >= 0.3 is 0 Å². The maximum atomic E-state index is 2.41. The summed E-state index contributed by atoms with van der Waals surface area (Å²) >= 11 is 0. The molecule has 0 amide bonds. The molecule has 0 atom stereocenters. The van der Waals surface area contributed by atoms with E-state index >= 15 is 0 Å². The topological polar surface area (TPSA) is 3.24 Å². The Kier molecular flexibility index (Phi) is 9.29. The minimum absolute atomic E-state index is 1.11. The molecule has 1 heteroatoms. The van der Waals surface area contributed by atoms with Gasteiger partial charge in [0.25, 0.3) is 0 Å². The van der Waals surface area contributed by atoms with Crippen LogP contribution in [0.2, 0.25) is 0 Å². The van der Waals surface area contributed by atoms with E-state index in [0.717, 1.165) is 17.1 Å². The summed E-state index contributed by atoms with van der Waals surface area (Å²) in [7, 11) is 0. The molecule has 0 bridgehead atoms. The van der Waals surface area contributed by atoms with E-state index in [4.69, 9.17) is 0 Å². The van der Waals surface area contributed by atoms with Gasteiger partial charge in [0.05, 0.1) is 5.69 Å². The van der Waals surface area contributed by atoms with Crippen LogP contribution in [0.5, 0.6) is 0 Å². The monoisotopic (exact) mass is 579 g/mol. The molecule has 7 aromatic carbocycles. The molecule has 218 valence electrons. The maximum Gasteiger partial charge on any atom is 0.0540 e. The van der Waals surface area contributed by atoms with Crippen molar-refractivity contribution in [3.63, 3.8) is 0 Å².